The Balaban J connectivity index is 1.50. The molecule has 25 heavy (non-hydrogen) atoms. The van der Waals surface area contributed by atoms with Crippen LogP contribution in [-0.2, 0) is 13.0 Å². The lowest BCUT2D eigenvalue weighted by Crippen LogP contribution is -2.34. The van der Waals surface area contributed by atoms with Gasteiger partial charge in [-0.3, -0.25) is 9.69 Å². The van der Waals surface area contributed by atoms with Crippen LogP contribution in [0.25, 0.3) is 0 Å². The Morgan fingerprint density at radius 3 is 2.88 bits per heavy atom. The molecule has 0 aliphatic carbocycles. The molecule has 1 aromatic carbocycles. The number of amides is 1. The number of nitrogens with one attached hydrogen (secondary N) is 1. The van der Waals surface area contributed by atoms with E-state index in [0.717, 1.165) is 43.4 Å². The summed E-state index contributed by atoms with van der Waals surface area (Å²) in [5.41, 5.74) is 3.21. The number of pyridine rings is 1. The van der Waals surface area contributed by atoms with Crippen LogP contribution >= 0.6 is 11.6 Å². The van der Waals surface area contributed by atoms with Crippen LogP contribution in [0.1, 0.15) is 21.5 Å². The lowest BCUT2D eigenvalue weighted by Gasteiger charge is -2.29. The SMILES string of the molecule is CN(C)C(=O)c1ccc(NCCN2CCc3c(Cl)cccc3C2)nc1. The summed E-state index contributed by atoms with van der Waals surface area (Å²) in [5.74, 6) is 0.750. The smallest absolute Gasteiger partial charge is 0.254 e. The molecule has 0 saturated carbocycles. The van der Waals surface area contributed by atoms with Crippen molar-refractivity contribution in [3.8, 4) is 0 Å². The number of nitrogens with zero attached hydrogens (tertiary/aromatic N) is 3. The summed E-state index contributed by atoms with van der Waals surface area (Å²) in [5, 5.41) is 4.20. The van der Waals surface area contributed by atoms with Crippen molar-refractivity contribution in [1.29, 1.82) is 0 Å². The first-order valence-corrected chi connectivity index (χ1v) is 8.82. The largest absolute Gasteiger partial charge is 0.369 e. The van der Waals surface area contributed by atoms with E-state index in [-0.39, 0.29) is 5.91 Å². The number of hydrogen-bond donors (Lipinski definition) is 1. The monoisotopic (exact) mass is 358 g/mol. The van der Waals surface area contributed by atoms with Gasteiger partial charge in [-0.15, -0.1) is 0 Å². The highest BCUT2D eigenvalue weighted by molar-refractivity contribution is 6.31. The zero-order valence-corrected chi connectivity index (χ0v) is 15.4. The lowest BCUT2D eigenvalue weighted by atomic mass is 10.00. The molecule has 1 amide bonds. The van der Waals surface area contributed by atoms with Gasteiger partial charge in [0.05, 0.1) is 5.56 Å². The summed E-state index contributed by atoms with van der Waals surface area (Å²) in [6, 6.07) is 9.79. The molecule has 1 aliphatic heterocycles. The van der Waals surface area contributed by atoms with Gasteiger partial charge in [-0.05, 0) is 35.7 Å². The van der Waals surface area contributed by atoms with E-state index >= 15 is 0 Å². The minimum absolute atomic E-state index is 0.0373. The summed E-state index contributed by atoms with van der Waals surface area (Å²) in [6.07, 6.45) is 2.61. The second kappa shape index (κ2) is 7.85. The summed E-state index contributed by atoms with van der Waals surface area (Å²) >= 11 is 6.26. The van der Waals surface area contributed by atoms with Crippen molar-refractivity contribution in [2.75, 3.05) is 39.0 Å². The fraction of sp³-hybridized carbons (Fsp3) is 0.368. The van der Waals surface area contributed by atoms with E-state index in [1.54, 1.807) is 31.3 Å². The van der Waals surface area contributed by atoms with Gasteiger partial charge in [-0.2, -0.15) is 0 Å². The molecule has 5 nitrogen and oxygen atoms in total. The summed E-state index contributed by atoms with van der Waals surface area (Å²) in [7, 11) is 3.47. The van der Waals surface area contributed by atoms with Gasteiger partial charge < -0.3 is 10.2 Å². The van der Waals surface area contributed by atoms with Gasteiger partial charge >= 0.3 is 0 Å². The van der Waals surface area contributed by atoms with Gasteiger partial charge in [0, 0.05) is 51.5 Å². The number of hydrogen-bond acceptors (Lipinski definition) is 4. The molecule has 0 atom stereocenters. The van der Waals surface area contributed by atoms with Crippen LogP contribution in [0.15, 0.2) is 36.5 Å². The van der Waals surface area contributed by atoms with Gasteiger partial charge in [0.2, 0.25) is 0 Å². The number of benzene rings is 1. The Morgan fingerprint density at radius 1 is 1.32 bits per heavy atom. The van der Waals surface area contributed by atoms with Gasteiger partial charge in [0.1, 0.15) is 5.82 Å². The standard InChI is InChI=1S/C19H23ClN4O/c1-23(2)19(25)14-6-7-18(22-12-14)21-9-11-24-10-8-16-15(13-24)4-3-5-17(16)20/h3-7,12H,8-11,13H2,1-2H3,(H,21,22). The van der Waals surface area contributed by atoms with Gasteiger partial charge in [0.25, 0.3) is 5.91 Å². The highest BCUT2D eigenvalue weighted by Gasteiger charge is 2.17. The summed E-state index contributed by atoms with van der Waals surface area (Å²) in [6.45, 7) is 3.69. The molecule has 0 unspecified atom stereocenters. The van der Waals surface area contributed by atoms with Crippen LogP contribution in [0.3, 0.4) is 0 Å². The molecule has 2 aromatic rings. The molecule has 132 valence electrons. The van der Waals surface area contributed by atoms with Gasteiger partial charge in [0.15, 0.2) is 0 Å². The number of aromatic nitrogens is 1. The molecule has 1 aromatic heterocycles. The highest BCUT2D eigenvalue weighted by Crippen LogP contribution is 2.25. The lowest BCUT2D eigenvalue weighted by molar-refractivity contribution is 0.0827. The zero-order valence-electron chi connectivity index (χ0n) is 14.6. The first-order valence-electron chi connectivity index (χ1n) is 8.45. The normalized spacial score (nSPS) is 14.0. The molecule has 0 bridgehead atoms. The van der Waals surface area contributed by atoms with E-state index in [1.165, 1.54) is 11.1 Å². The number of carbonyl (C=O) groups is 1. The third-order valence-electron chi connectivity index (χ3n) is 4.44. The van der Waals surface area contributed by atoms with E-state index in [0.29, 0.717) is 5.56 Å². The van der Waals surface area contributed by atoms with Crippen LogP contribution < -0.4 is 5.32 Å². The zero-order chi connectivity index (χ0) is 17.8. The van der Waals surface area contributed by atoms with Crippen molar-refractivity contribution in [3.63, 3.8) is 0 Å². The second-order valence-corrected chi connectivity index (χ2v) is 6.87. The molecule has 0 saturated heterocycles. The van der Waals surface area contributed by atoms with Crippen LogP contribution in [0.2, 0.25) is 5.02 Å². The van der Waals surface area contributed by atoms with Crippen molar-refractivity contribution in [1.82, 2.24) is 14.8 Å². The van der Waals surface area contributed by atoms with E-state index < -0.39 is 0 Å². The molecule has 3 rings (SSSR count). The van der Waals surface area contributed by atoms with Crippen molar-refractivity contribution in [2.24, 2.45) is 0 Å². The van der Waals surface area contributed by atoms with Crippen molar-refractivity contribution >= 4 is 23.3 Å². The molecular formula is C19H23ClN4O. The second-order valence-electron chi connectivity index (χ2n) is 6.46. The van der Waals surface area contributed by atoms with Crippen molar-refractivity contribution in [2.45, 2.75) is 13.0 Å². The Labute approximate surface area is 153 Å². The number of carbonyl (C=O) groups excluding carboxylic acids is 1. The summed E-state index contributed by atoms with van der Waals surface area (Å²) < 4.78 is 0. The molecule has 1 N–H and O–H groups in total. The molecule has 0 spiro atoms. The Bertz CT molecular complexity index is 746. The minimum Gasteiger partial charge on any atom is -0.369 e. The number of fused-ring (bicyclic) bond motifs is 1. The van der Waals surface area contributed by atoms with E-state index in [4.69, 9.17) is 11.6 Å². The average Bonchev–Trinajstić information content (AvgIpc) is 2.62. The van der Waals surface area contributed by atoms with Crippen LogP contribution in [-0.4, -0.2) is 54.4 Å². The first kappa shape index (κ1) is 17.7. The minimum atomic E-state index is -0.0373. The van der Waals surface area contributed by atoms with E-state index in [1.807, 2.05) is 18.2 Å². The fourth-order valence-corrected chi connectivity index (χ4v) is 3.33. The topological polar surface area (TPSA) is 48.5 Å². The predicted molar refractivity (Wildman–Crippen MR) is 101 cm³/mol. The predicted octanol–water partition coefficient (Wildman–Crippen LogP) is 2.91. The molecule has 0 radical (unpaired) electrons. The molecule has 0 fully saturated rings. The summed E-state index contributed by atoms with van der Waals surface area (Å²) in [4.78, 5) is 20.1. The number of halogens is 1. The molecule has 6 heteroatoms. The Morgan fingerprint density at radius 2 is 2.16 bits per heavy atom. The number of rotatable bonds is 5. The maximum absolute atomic E-state index is 11.9. The maximum atomic E-state index is 11.9. The van der Waals surface area contributed by atoms with Crippen LogP contribution in [0, 0.1) is 0 Å². The van der Waals surface area contributed by atoms with Crippen LogP contribution in [0.5, 0.6) is 0 Å². The quantitative estimate of drug-likeness (QED) is 0.892. The Kier molecular flexibility index (Phi) is 5.56. The third-order valence-corrected chi connectivity index (χ3v) is 4.79. The van der Waals surface area contributed by atoms with Crippen LogP contribution in [0.4, 0.5) is 5.82 Å². The van der Waals surface area contributed by atoms with Crippen molar-refractivity contribution < 1.29 is 4.79 Å². The van der Waals surface area contributed by atoms with E-state index in [9.17, 15) is 4.79 Å². The third kappa shape index (κ3) is 4.30. The molecular weight excluding hydrogens is 336 g/mol. The first-order chi connectivity index (χ1) is 12.0. The maximum Gasteiger partial charge on any atom is 0.254 e. The Hall–Kier alpha value is -2.11. The molecule has 2 heterocycles. The molecule has 1 aliphatic rings. The highest BCUT2D eigenvalue weighted by atomic mass is 35.5. The van der Waals surface area contributed by atoms with Gasteiger partial charge in [-0.1, -0.05) is 23.7 Å². The van der Waals surface area contributed by atoms with Gasteiger partial charge in [-0.25, -0.2) is 4.98 Å². The fourth-order valence-electron chi connectivity index (χ4n) is 3.04. The van der Waals surface area contributed by atoms with Crippen molar-refractivity contribution in [3.05, 3.63) is 58.2 Å². The number of anilines is 1. The van der Waals surface area contributed by atoms with E-state index in [2.05, 4.69) is 21.3 Å². The average molecular weight is 359 g/mol.